The molecule has 3 rings (SSSR count). The van der Waals surface area contributed by atoms with Gasteiger partial charge in [-0.05, 0) is 29.8 Å². The summed E-state index contributed by atoms with van der Waals surface area (Å²) in [5.41, 5.74) is 1.24. The van der Waals surface area contributed by atoms with Gasteiger partial charge in [0.1, 0.15) is 6.04 Å². The van der Waals surface area contributed by atoms with E-state index < -0.39 is 22.0 Å². The maximum atomic E-state index is 13.2. The molecule has 29 heavy (non-hydrogen) atoms. The van der Waals surface area contributed by atoms with Crippen LogP contribution in [0.1, 0.15) is 11.6 Å². The Morgan fingerprint density at radius 2 is 1.45 bits per heavy atom. The molecule has 0 fully saturated rings. The number of hydrogen-bond donors (Lipinski definition) is 1. The highest BCUT2D eigenvalue weighted by atomic mass is 32.2. The molecule has 5 nitrogen and oxygen atoms in total. The number of amides is 1. The second kappa shape index (κ2) is 9.26. The van der Waals surface area contributed by atoms with Crippen LogP contribution in [-0.2, 0) is 14.8 Å². The quantitative estimate of drug-likeness (QED) is 0.608. The zero-order chi connectivity index (χ0) is 20.9. The maximum absolute atomic E-state index is 13.2. The molecule has 150 valence electrons. The monoisotopic (exact) mass is 426 g/mol. The summed E-state index contributed by atoms with van der Waals surface area (Å²) in [5.74, 6) is -0.412. The van der Waals surface area contributed by atoms with Crippen LogP contribution in [0.15, 0.2) is 94.7 Å². The molecular formula is C22H22N2O3S2. The minimum absolute atomic E-state index is 0.412. The lowest BCUT2D eigenvalue weighted by Gasteiger charge is -2.26. The van der Waals surface area contributed by atoms with E-state index in [0.717, 1.165) is 20.4 Å². The molecule has 7 heteroatoms. The van der Waals surface area contributed by atoms with E-state index in [4.69, 9.17) is 0 Å². The first-order valence-electron chi connectivity index (χ1n) is 8.97. The second-order valence-electron chi connectivity index (χ2n) is 6.49. The fourth-order valence-electron chi connectivity index (χ4n) is 2.83. The summed E-state index contributed by atoms with van der Waals surface area (Å²) in [4.78, 5) is 15.1. The molecule has 3 aromatic carbocycles. The third kappa shape index (κ3) is 5.47. The highest BCUT2D eigenvalue weighted by molar-refractivity contribution is 7.99. The van der Waals surface area contributed by atoms with Gasteiger partial charge in [0.2, 0.25) is 15.9 Å². The van der Waals surface area contributed by atoms with Crippen molar-refractivity contribution < 1.29 is 13.2 Å². The van der Waals surface area contributed by atoms with E-state index in [2.05, 4.69) is 5.32 Å². The van der Waals surface area contributed by atoms with E-state index in [1.54, 1.807) is 24.3 Å². The van der Waals surface area contributed by atoms with Crippen molar-refractivity contribution in [2.24, 2.45) is 0 Å². The Morgan fingerprint density at radius 1 is 0.897 bits per heavy atom. The van der Waals surface area contributed by atoms with Crippen LogP contribution >= 0.6 is 11.8 Å². The van der Waals surface area contributed by atoms with E-state index in [0.29, 0.717) is 11.3 Å². The predicted octanol–water partition coefficient (Wildman–Crippen LogP) is 4.41. The van der Waals surface area contributed by atoms with Gasteiger partial charge in [0, 0.05) is 16.8 Å². The number of nitrogens with one attached hydrogen (secondary N) is 1. The number of rotatable bonds is 7. The van der Waals surface area contributed by atoms with E-state index in [1.807, 2.05) is 60.7 Å². The molecule has 0 aliphatic heterocycles. The summed E-state index contributed by atoms with van der Waals surface area (Å²) < 4.78 is 25.4. The number of nitrogens with zero attached hydrogens (tertiary/aromatic N) is 1. The third-order valence-electron chi connectivity index (χ3n) is 4.37. The van der Waals surface area contributed by atoms with Crippen molar-refractivity contribution in [3.63, 3.8) is 0 Å². The SMILES string of the molecule is CN([C@H](C(=O)Nc1ccccc1Sc1ccccc1)c1ccccc1)S(C)(=O)=O. The number of benzene rings is 3. The summed E-state index contributed by atoms with van der Waals surface area (Å²) in [6.07, 6.45) is 1.09. The van der Waals surface area contributed by atoms with Crippen LogP contribution in [0, 0.1) is 0 Å². The highest BCUT2D eigenvalue weighted by Crippen LogP contribution is 2.34. The Labute approximate surface area is 175 Å². The average Bonchev–Trinajstić information content (AvgIpc) is 2.70. The average molecular weight is 427 g/mol. The fraction of sp³-hybridized carbons (Fsp3) is 0.136. The van der Waals surface area contributed by atoms with Crippen LogP contribution < -0.4 is 5.32 Å². The minimum atomic E-state index is -3.58. The molecule has 1 N–H and O–H groups in total. The zero-order valence-electron chi connectivity index (χ0n) is 16.1. The number of likely N-dealkylation sites (N-methyl/N-ethyl adjacent to an activating group) is 1. The molecule has 0 aliphatic carbocycles. The lowest BCUT2D eigenvalue weighted by Crippen LogP contribution is -2.38. The molecule has 0 aliphatic rings. The first kappa shape index (κ1) is 21.1. The normalized spacial score (nSPS) is 12.5. The highest BCUT2D eigenvalue weighted by Gasteiger charge is 2.31. The molecule has 0 aromatic heterocycles. The van der Waals surface area contributed by atoms with Crippen LogP contribution in [0.2, 0.25) is 0 Å². The fourth-order valence-corrected chi connectivity index (χ4v) is 4.35. The summed E-state index contributed by atoms with van der Waals surface area (Å²) in [6.45, 7) is 0. The minimum Gasteiger partial charge on any atom is -0.323 e. The van der Waals surface area contributed by atoms with Gasteiger partial charge in [0.05, 0.1) is 11.9 Å². The molecule has 0 unspecified atom stereocenters. The Kier molecular flexibility index (Phi) is 6.74. The van der Waals surface area contributed by atoms with Crippen LogP contribution in [0.4, 0.5) is 5.69 Å². The molecule has 0 saturated carbocycles. The number of para-hydroxylation sites is 1. The van der Waals surface area contributed by atoms with Gasteiger partial charge in [-0.3, -0.25) is 4.79 Å². The van der Waals surface area contributed by atoms with Gasteiger partial charge in [-0.15, -0.1) is 0 Å². The number of sulfonamides is 1. The van der Waals surface area contributed by atoms with Gasteiger partial charge in [0.25, 0.3) is 0 Å². The summed E-state index contributed by atoms with van der Waals surface area (Å²) in [7, 11) is -2.16. The third-order valence-corrected chi connectivity index (χ3v) is 6.71. The maximum Gasteiger partial charge on any atom is 0.247 e. The molecule has 0 spiro atoms. The van der Waals surface area contributed by atoms with Gasteiger partial charge in [0.15, 0.2) is 0 Å². The first-order valence-corrected chi connectivity index (χ1v) is 11.6. The topological polar surface area (TPSA) is 66.5 Å². The van der Waals surface area contributed by atoms with E-state index in [9.17, 15) is 13.2 Å². The van der Waals surface area contributed by atoms with Crippen LogP contribution in [-0.4, -0.2) is 31.9 Å². The van der Waals surface area contributed by atoms with Crippen molar-refractivity contribution in [1.82, 2.24) is 4.31 Å². The molecule has 1 amide bonds. The van der Waals surface area contributed by atoms with Crippen LogP contribution in [0.3, 0.4) is 0 Å². The lowest BCUT2D eigenvalue weighted by molar-refractivity contribution is -0.119. The van der Waals surface area contributed by atoms with Crippen molar-refractivity contribution in [2.75, 3.05) is 18.6 Å². The largest absolute Gasteiger partial charge is 0.323 e. The van der Waals surface area contributed by atoms with Crippen LogP contribution in [0.25, 0.3) is 0 Å². The van der Waals surface area contributed by atoms with Gasteiger partial charge in [-0.1, -0.05) is 72.4 Å². The van der Waals surface area contributed by atoms with Gasteiger partial charge in [-0.25, -0.2) is 8.42 Å². The van der Waals surface area contributed by atoms with E-state index >= 15 is 0 Å². The van der Waals surface area contributed by atoms with Crippen molar-refractivity contribution in [3.05, 3.63) is 90.5 Å². The standard InChI is InChI=1S/C22H22N2O3S2/c1-24(29(2,26)27)21(17-11-5-3-6-12-17)22(25)23-19-15-9-10-16-20(19)28-18-13-7-4-8-14-18/h3-16,21H,1-2H3,(H,23,25)/t21-/m0/s1. The number of anilines is 1. The Hall–Kier alpha value is -2.61. The smallest absolute Gasteiger partial charge is 0.247 e. The van der Waals surface area contributed by atoms with Crippen molar-refractivity contribution in [2.45, 2.75) is 15.8 Å². The lowest BCUT2D eigenvalue weighted by atomic mass is 10.1. The number of carbonyl (C=O) groups is 1. The second-order valence-corrected chi connectivity index (χ2v) is 9.65. The van der Waals surface area contributed by atoms with Crippen molar-refractivity contribution in [1.29, 1.82) is 0 Å². The van der Waals surface area contributed by atoms with Crippen molar-refractivity contribution >= 4 is 33.4 Å². The Morgan fingerprint density at radius 3 is 2.07 bits per heavy atom. The molecule has 0 bridgehead atoms. The predicted molar refractivity (Wildman–Crippen MR) is 117 cm³/mol. The van der Waals surface area contributed by atoms with E-state index in [-0.39, 0.29) is 0 Å². The molecule has 0 saturated heterocycles. The number of carbonyl (C=O) groups excluding carboxylic acids is 1. The van der Waals surface area contributed by atoms with Gasteiger partial charge >= 0.3 is 0 Å². The van der Waals surface area contributed by atoms with Gasteiger partial charge in [-0.2, -0.15) is 4.31 Å². The Bertz CT molecular complexity index is 1070. The summed E-state index contributed by atoms with van der Waals surface area (Å²) in [5, 5.41) is 2.92. The molecule has 0 radical (unpaired) electrons. The molecule has 3 aromatic rings. The molecule has 0 heterocycles. The molecule has 1 atom stereocenters. The Balaban J connectivity index is 1.91. The summed E-state index contributed by atoms with van der Waals surface area (Å²) >= 11 is 1.53. The van der Waals surface area contributed by atoms with Crippen LogP contribution in [0.5, 0.6) is 0 Å². The van der Waals surface area contributed by atoms with E-state index in [1.165, 1.54) is 18.8 Å². The first-order chi connectivity index (χ1) is 13.9. The zero-order valence-corrected chi connectivity index (χ0v) is 17.8. The number of hydrogen-bond acceptors (Lipinski definition) is 4. The molecular weight excluding hydrogens is 404 g/mol. The van der Waals surface area contributed by atoms with Gasteiger partial charge < -0.3 is 5.32 Å². The summed E-state index contributed by atoms with van der Waals surface area (Å²) in [6, 6.07) is 25.2. The van der Waals surface area contributed by atoms with Crippen molar-refractivity contribution in [3.8, 4) is 0 Å².